The molecule has 1 saturated heterocycles. The summed E-state index contributed by atoms with van der Waals surface area (Å²) in [6, 6.07) is 21.8. The molecule has 7 nitrogen and oxygen atoms in total. The van der Waals surface area contributed by atoms with E-state index in [-0.39, 0.29) is 18.0 Å². The number of halogens is 1. The summed E-state index contributed by atoms with van der Waals surface area (Å²) in [6.07, 6.45) is 1.11. The molecule has 5 rings (SSSR count). The number of ether oxygens (including phenoxy) is 1. The Balaban J connectivity index is 1.29. The van der Waals surface area contributed by atoms with Gasteiger partial charge in [-0.25, -0.2) is 4.79 Å². The quantitative estimate of drug-likeness (QED) is 0.473. The van der Waals surface area contributed by atoms with Gasteiger partial charge in [0.25, 0.3) is 0 Å². The van der Waals surface area contributed by atoms with Gasteiger partial charge in [-0.15, -0.1) is 0 Å². The molecule has 192 valence electrons. The van der Waals surface area contributed by atoms with Gasteiger partial charge in [-0.1, -0.05) is 48.0 Å². The maximum atomic E-state index is 13.5. The molecule has 2 N–H and O–H groups in total. The molecule has 0 spiro atoms. The van der Waals surface area contributed by atoms with Gasteiger partial charge in [-0.2, -0.15) is 0 Å². The first kappa shape index (κ1) is 25.3. The average Bonchev–Trinajstić information content (AvgIpc) is 3.34. The number of likely N-dealkylation sites (tertiary alicyclic amines) is 1. The Hall–Kier alpha value is -3.39. The van der Waals surface area contributed by atoms with Crippen LogP contribution in [0.4, 0.5) is 16.2 Å². The second-order valence-electron chi connectivity index (χ2n) is 9.72. The van der Waals surface area contributed by atoms with Crippen LogP contribution in [-0.2, 0) is 29.1 Å². The molecule has 0 aliphatic carbocycles. The maximum absolute atomic E-state index is 13.5. The van der Waals surface area contributed by atoms with Gasteiger partial charge >= 0.3 is 6.03 Å². The van der Waals surface area contributed by atoms with Crippen LogP contribution in [-0.4, -0.2) is 54.0 Å². The van der Waals surface area contributed by atoms with Crippen molar-refractivity contribution >= 4 is 34.9 Å². The predicted molar refractivity (Wildman–Crippen MR) is 146 cm³/mol. The Kier molecular flexibility index (Phi) is 7.74. The topological polar surface area (TPSA) is 73.9 Å². The number of rotatable bonds is 6. The summed E-state index contributed by atoms with van der Waals surface area (Å²) in [5.74, 6) is -0.218. The third-order valence-corrected chi connectivity index (χ3v) is 7.18. The van der Waals surface area contributed by atoms with Crippen molar-refractivity contribution in [2.24, 2.45) is 0 Å². The minimum atomic E-state index is -0.657. The molecular weight excluding hydrogens is 488 g/mol. The predicted octanol–water partition coefficient (Wildman–Crippen LogP) is 5.16. The Bertz CT molecular complexity index is 1250. The molecule has 1 fully saturated rings. The van der Waals surface area contributed by atoms with Crippen molar-refractivity contribution in [1.82, 2.24) is 9.80 Å². The van der Waals surface area contributed by atoms with Crippen molar-refractivity contribution in [2.75, 3.05) is 30.8 Å². The van der Waals surface area contributed by atoms with Gasteiger partial charge in [-0.05, 0) is 66.6 Å². The number of carbonyl (C=O) groups excluding carboxylic acids is 2. The van der Waals surface area contributed by atoms with Crippen LogP contribution in [0.3, 0.4) is 0 Å². The number of hydrogen-bond donors (Lipinski definition) is 2. The van der Waals surface area contributed by atoms with Crippen molar-refractivity contribution in [3.63, 3.8) is 0 Å². The fourth-order valence-corrected chi connectivity index (χ4v) is 5.03. The third-order valence-electron chi connectivity index (χ3n) is 6.93. The molecule has 8 heteroatoms. The Labute approximate surface area is 222 Å². The number of urea groups is 1. The summed E-state index contributed by atoms with van der Waals surface area (Å²) in [4.78, 5) is 30.5. The SMILES string of the molecule is CN1CCc2cc(NC(=O)[C@H]3C[C@@H](OCc4ccccc4)CN3C(=O)Nc3ccc(Cl)cc3)ccc2C1. The first-order chi connectivity index (χ1) is 17.9. The van der Waals surface area contributed by atoms with Crippen molar-refractivity contribution in [3.8, 4) is 0 Å². The summed E-state index contributed by atoms with van der Waals surface area (Å²) < 4.78 is 6.13. The van der Waals surface area contributed by atoms with E-state index in [1.807, 2.05) is 36.4 Å². The van der Waals surface area contributed by atoms with Crippen LogP contribution in [0.1, 0.15) is 23.1 Å². The molecule has 2 atom stereocenters. The lowest BCUT2D eigenvalue weighted by molar-refractivity contribution is -0.119. The highest BCUT2D eigenvalue weighted by Gasteiger charge is 2.40. The zero-order chi connectivity index (χ0) is 25.8. The highest BCUT2D eigenvalue weighted by Crippen LogP contribution is 2.26. The maximum Gasteiger partial charge on any atom is 0.322 e. The van der Waals surface area contributed by atoms with E-state index in [1.165, 1.54) is 11.1 Å². The molecule has 0 saturated carbocycles. The number of anilines is 2. The number of nitrogens with zero attached hydrogens (tertiary/aromatic N) is 2. The second kappa shape index (κ2) is 11.3. The fourth-order valence-electron chi connectivity index (χ4n) is 4.91. The average molecular weight is 519 g/mol. The summed E-state index contributed by atoms with van der Waals surface area (Å²) in [7, 11) is 2.11. The van der Waals surface area contributed by atoms with Crippen molar-refractivity contribution in [3.05, 3.63) is 94.5 Å². The first-order valence-corrected chi connectivity index (χ1v) is 12.9. The molecule has 2 aliphatic heterocycles. The molecule has 3 aromatic carbocycles. The van der Waals surface area contributed by atoms with E-state index in [2.05, 4.69) is 34.7 Å². The normalized spacial score (nSPS) is 19.4. The van der Waals surface area contributed by atoms with E-state index in [4.69, 9.17) is 16.3 Å². The highest BCUT2D eigenvalue weighted by atomic mass is 35.5. The van der Waals surface area contributed by atoms with Crippen molar-refractivity contribution < 1.29 is 14.3 Å². The zero-order valence-electron chi connectivity index (χ0n) is 20.8. The van der Waals surface area contributed by atoms with Crippen LogP contribution < -0.4 is 10.6 Å². The van der Waals surface area contributed by atoms with Crippen LogP contribution in [0.25, 0.3) is 0 Å². The lowest BCUT2D eigenvalue weighted by Crippen LogP contribution is -2.45. The minimum Gasteiger partial charge on any atom is -0.372 e. The highest BCUT2D eigenvalue weighted by molar-refractivity contribution is 6.30. The van der Waals surface area contributed by atoms with Crippen LogP contribution >= 0.6 is 11.6 Å². The summed E-state index contributed by atoms with van der Waals surface area (Å²) in [6.45, 7) is 2.64. The second-order valence-corrected chi connectivity index (χ2v) is 10.2. The number of nitrogens with one attached hydrogen (secondary N) is 2. The molecule has 3 amide bonds. The Morgan fingerprint density at radius 1 is 0.973 bits per heavy atom. The first-order valence-electron chi connectivity index (χ1n) is 12.5. The van der Waals surface area contributed by atoms with Gasteiger partial charge in [0, 0.05) is 42.5 Å². The standard InChI is InChI=1S/C29H31ClN4O3/c1-33-14-13-21-15-25(10-7-22(21)17-33)31-28(35)27-16-26(37-19-20-5-3-2-4-6-20)18-34(27)29(36)32-24-11-8-23(30)9-12-24/h2-12,15,26-27H,13-14,16-19H2,1H3,(H,31,35)(H,32,36)/t26-,27-/m1/s1. The van der Waals surface area contributed by atoms with Crippen LogP contribution in [0.2, 0.25) is 5.02 Å². The van der Waals surface area contributed by atoms with Crippen molar-refractivity contribution in [1.29, 1.82) is 0 Å². The fraction of sp³-hybridized carbons (Fsp3) is 0.310. The largest absolute Gasteiger partial charge is 0.372 e. The lowest BCUT2D eigenvalue weighted by atomic mass is 9.99. The Morgan fingerprint density at radius 2 is 1.73 bits per heavy atom. The number of benzene rings is 3. The monoisotopic (exact) mass is 518 g/mol. The number of hydrogen-bond acceptors (Lipinski definition) is 4. The van der Waals surface area contributed by atoms with E-state index in [0.717, 1.165) is 30.8 Å². The molecule has 3 aromatic rings. The lowest BCUT2D eigenvalue weighted by Gasteiger charge is -2.26. The minimum absolute atomic E-state index is 0.218. The van der Waals surface area contributed by atoms with E-state index in [9.17, 15) is 9.59 Å². The van der Waals surface area contributed by atoms with Gasteiger partial charge in [-0.3, -0.25) is 4.79 Å². The molecule has 2 aliphatic rings. The van der Waals surface area contributed by atoms with Crippen LogP contribution in [0.5, 0.6) is 0 Å². The molecule has 2 heterocycles. The van der Waals surface area contributed by atoms with Gasteiger partial charge in [0.2, 0.25) is 5.91 Å². The van der Waals surface area contributed by atoms with Gasteiger partial charge in [0.05, 0.1) is 12.7 Å². The van der Waals surface area contributed by atoms with Crippen molar-refractivity contribution in [2.45, 2.75) is 38.1 Å². The third kappa shape index (κ3) is 6.31. The molecule has 0 unspecified atom stereocenters. The van der Waals surface area contributed by atoms with Gasteiger partial charge in [0.1, 0.15) is 6.04 Å². The molecular formula is C29H31ClN4O3. The van der Waals surface area contributed by atoms with E-state index < -0.39 is 6.04 Å². The number of carbonyl (C=O) groups is 2. The van der Waals surface area contributed by atoms with E-state index in [1.54, 1.807) is 29.2 Å². The van der Waals surface area contributed by atoms with E-state index in [0.29, 0.717) is 30.3 Å². The molecule has 37 heavy (non-hydrogen) atoms. The van der Waals surface area contributed by atoms with Crippen LogP contribution in [0, 0.1) is 0 Å². The summed E-state index contributed by atoms with van der Waals surface area (Å²) >= 11 is 5.98. The summed E-state index contributed by atoms with van der Waals surface area (Å²) in [5, 5.41) is 6.52. The molecule has 0 bridgehead atoms. The van der Waals surface area contributed by atoms with E-state index >= 15 is 0 Å². The number of fused-ring (bicyclic) bond motifs is 1. The molecule has 0 radical (unpaired) electrons. The van der Waals surface area contributed by atoms with Gasteiger partial charge in [0.15, 0.2) is 0 Å². The summed E-state index contributed by atoms with van der Waals surface area (Å²) in [5.41, 5.74) is 4.95. The van der Waals surface area contributed by atoms with Crippen LogP contribution in [0.15, 0.2) is 72.8 Å². The number of likely N-dealkylation sites (N-methyl/N-ethyl adjacent to an activating group) is 1. The smallest absolute Gasteiger partial charge is 0.322 e. The van der Waals surface area contributed by atoms with Gasteiger partial charge < -0.3 is 25.2 Å². The zero-order valence-corrected chi connectivity index (χ0v) is 21.6. The Morgan fingerprint density at radius 3 is 2.51 bits per heavy atom. The molecule has 0 aromatic heterocycles. The number of amides is 3.